The molecule has 0 spiro atoms. The Kier molecular flexibility index (Phi) is 5.84. The van der Waals surface area contributed by atoms with Gasteiger partial charge in [0, 0.05) is 5.69 Å². The van der Waals surface area contributed by atoms with E-state index in [1.54, 1.807) is 37.3 Å². The van der Waals surface area contributed by atoms with Crippen LogP contribution in [0.15, 0.2) is 48.5 Å². The lowest BCUT2D eigenvalue weighted by Gasteiger charge is -2.28. The standard InChI is InChI=1S/C21H23NO5S/c1-15-8-9-16(2)19(12-15)21(24)27-13-20(23)22(17-6-4-3-5-7-17)18-10-11-28(25,26)14-18/h3-9,12,18H,10-11,13-14H2,1-2H3/t18-/m0/s1. The van der Waals surface area contributed by atoms with Crippen LogP contribution in [0, 0.1) is 13.8 Å². The predicted molar refractivity (Wildman–Crippen MR) is 107 cm³/mol. The van der Waals surface area contributed by atoms with Gasteiger partial charge in [0.05, 0.1) is 23.1 Å². The highest BCUT2D eigenvalue weighted by Crippen LogP contribution is 2.24. The molecular formula is C21H23NO5S. The number of ether oxygens (including phenoxy) is 1. The molecule has 148 valence electrons. The molecule has 2 aromatic carbocycles. The van der Waals surface area contributed by atoms with Crippen LogP contribution < -0.4 is 4.90 Å². The van der Waals surface area contributed by atoms with E-state index in [9.17, 15) is 18.0 Å². The normalized spacial score (nSPS) is 17.9. The summed E-state index contributed by atoms with van der Waals surface area (Å²) in [5.74, 6) is -1.04. The van der Waals surface area contributed by atoms with Crippen LogP contribution in [0.1, 0.15) is 27.9 Å². The third-order valence-electron chi connectivity index (χ3n) is 4.82. The van der Waals surface area contributed by atoms with E-state index in [0.717, 1.165) is 11.1 Å². The second-order valence-electron chi connectivity index (χ2n) is 7.05. The number of amides is 1. The van der Waals surface area contributed by atoms with Crippen molar-refractivity contribution < 1.29 is 22.7 Å². The molecule has 28 heavy (non-hydrogen) atoms. The number of anilines is 1. The molecule has 0 radical (unpaired) electrons. The summed E-state index contributed by atoms with van der Waals surface area (Å²) in [6.45, 7) is 3.23. The molecule has 0 unspecified atom stereocenters. The Morgan fingerprint density at radius 1 is 1.11 bits per heavy atom. The SMILES string of the molecule is Cc1ccc(C)c(C(=O)OCC(=O)N(c2ccccc2)[C@H]2CCS(=O)(=O)C2)c1. The van der Waals surface area contributed by atoms with Crippen molar-refractivity contribution in [1.29, 1.82) is 0 Å². The maximum absolute atomic E-state index is 12.9. The lowest BCUT2D eigenvalue weighted by Crippen LogP contribution is -2.43. The van der Waals surface area contributed by atoms with Crippen LogP contribution in [0.4, 0.5) is 5.69 Å². The maximum atomic E-state index is 12.9. The zero-order chi connectivity index (χ0) is 20.3. The van der Waals surface area contributed by atoms with E-state index in [0.29, 0.717) is 17.7 Å². The first-order valence-electron chi connectivity index (χ1n) is 9.09. The molecule has 0 aliphatic carbocycles. The summed E-state index contributed by atoms with van der Waals surface area (Å²) in [5.41, 5.74) is 2.70. The van der Waals surface area contributed by atoms with Gasteiger partial charge in [-0.1, -0.05) is 35.9 Å². The monoisotopic (exact) mass is 401 g/mol. The topological polar surface area (TPSA) is 80.8 Å². The fraction of sp³-hybridized carbons (Fsp3) is 0.333. The Hall–Kier alpha value is -2.67. The first-order valence-corrected chi connectivity index (χ1v) is 10.9. The fourth-order valence-corrected chi connectivity index (χ4v) is 5.06. The van der Waals surface area contributed by atoms with Crippen LogP contribution in [-0.4, -0.2) is 44.4 Å². The molecule has 1 aliphatic rings. The van der Waals surface area contributed by atoms with Gasteiger partial charge < -0.3 is 9.64 Å². The van der Waals surface area contributed by atoms with Gasteiger partial charge in [0.1, 0.15) is 0 Å². The Morgan fingerprint density at radius 3 is 2.46 bits per heavy atom. The molecule has 0 saturated carbocycles. The Labute approximate surface area is 165 Å². The second-order valence-corrected chi connectivity index (χ2v) is 9.28. The van der Waals surface area contributed by atoms with E-state index >= 15 is 0 Å². The minimum Gasteiger partial charge on any atom is -0.452 e. The summed E-state index contributed by atoms with van der Waals surface area (Å²) in [4.78, 5) is 26.7. The molecule has 2 aromatic rings. The summed E-state index contributed by atoms with van der Waals surface area (Å²) in [6, 6.07) is 13.9. The Morgan fingerprint density at radius 2 is 1.82 bits per heavy atom. The molecule has 6 nitrogen and oxygen atoms in total. The van der Waals surface area contributed by atoms with Crippen LogP contribution in [0.2, 0.25) is 0 Å². The highest BCUT2D eigenvalue weighted by molar-refractivity contribution is 7.91. The second kappa shape index (κ2) is 8.14. The largest absolute Gasteiger partial charge is 0.452 e. The summed E-state index contributed by atoms with van der Waals surface area (Å²) in [6.07, 6.45) is 0.369. The Bertz CT molecular complexity index is 985. The van der Waals surface area contributed by atoms with Gasteiger partial charge in [0.2, 0.25) is 0 Å². The molecule has 0 bridgehead atoms. The molecule has 7 heteroatoms. The minimum absolute atomic E-state index is 0.0521. The van der Waals surface area contributed by atoms with Gasteiger partial charge in [-0.2, -0.15) is 0 Å². The van der Waals surface area contributed by atoms with Crippen LogP contribution in [0.25, 0.3) is 0 Å². The molecule has 1 aliphatic heterocycles. The van der Waals surface area contributed by atoms with Crippen LogP contribution in [-0.2, 0) is 19.4 Å². The molecule has 1 atom stereocenters. The van der Waals surface area contributed by atoms with Crippen LogP contribution in [0.5, 0.6) is 0 Å². The first-order chi connectivity index (χ1) is 13.3. The average molecular weight is 401 g/mol. The maximum Gasteiger partial charge on any atom is 0.338 e. The summed E-state index contributed by atoms with van der Waals surface area (Å²) in [5, 5.41) is 0. The third-order valence-corrected chi connectivity index (χ3v) is 6.57. The highest BCUT2D eigenvalue weighted by atomic mass is 32.2. The number of hydrogen-bond donors (Lipinski definition) is 0. The lowest BCUT2D eigenvalue weighted by molar-refractivity contribution is -0.122. The number of sulfone groups is 1. The number of carbonyl (C=O) groups excluding carboxylic acids is 2. The number of aryl methyl sites for hydroxylation is 2. The molecule has 1 fully saturated rings. The van der Waals surface area contributed by atoms with E-state index in [1.165, 1.54) is 4.90 Å². The molecule has 1 saturated heterocycles. The van der Waals surface area contributed by atoms with Crippen molar-refractivity contribution in [2.45, 2.75) is 26.3 Å². The van der Waals surface area contributed by atoms with Gasteiger partial charge >= 0.3 is 5.97 Å². The molecule has 1 amide bonds. The fourth-order valence-electron chi connectivity index (χ4n) is 3.36. The molecular weight excluding hydrogens is 378 g/mol. The van der Waals surface area contributed by atoms with Gasteiger partial charge in [-0.15, -0.1) is 0 Å². The molecule has 0 N–H and O–H groups in total. The van der Waals surface area contributed by atoms with Crippen molar-refractivity contribution in [3.63, 3.8) is 0 Å². The van der Waals surface area contributed by atoms with Crippen molar-refractivity contribution in [1.82, 2.24) is 0 Å². The molecule has 0 aromatic heterocycles. The van der Waals surface area contributed by atoms with Crippen LogP contribution >= 0.6 is 0 Å². The van der Waals surface area contributed by atoms with Crippen LogP contribution in [0.3, 0.4) is 0 Å². The number of esters is 1. The summed E-state index contributed by atoms with van der Waals surface area (Å²) in [7, 11) is -3.17. The van der Waals surface area contributed by atoms with Crippen molar-refractivity contribution in [3.05, 3.63) is 65.2 Å². The lowest BCUT2D eigenvalue weighted by atomic mass is 10.1. The van der Waals surface area contributed by atoms with Crippen molar-refractivity contribution in [2.24, 2.45) is 0 Å². The van der Waals surface area contributed by atoms with Crippen molar-refractivity contribution in [3.8, 4) is 0 Å². The zero-order valence-corrected chi connectivity index (χ0v) is 16.7. The van der Waals surface area contributed by atoms with Gasteiger partial charge in [-0.05, 0) is 44.0 Å². The molecule has 1 heterocycles. The number of rotatable bonds is 5. The van der Waals surface area contributed by atoms with E-state index < -0.39 is 34.4 Å². The van der Waals surface area contributed by atoms with Crippen molar-refractivity contribution >= 4 is 27.4 Å². The van der Waals surface area contributed by atoms with Gasteiger partial charge in [-0.25, -0.2) is 13.2 Å². The van der Waals surface area contributed by atoms with E-state index in [2.05, 4.69) is 0 Å². The first kappa shape index (κ1) is 20.1. The number of carbonyl (C=O) groups is 2. The van der Waals surface area contributed by atoms with E-state index in [1.807, 2.05) is 25.1 Å². The van der Waals surface area contributed by atoms with Crippen molar-refractivity contribution in [2.75, 3.05) is 23.0 Å². The highest BCUT2D eigenvalue weighted by Gasteiger charge is 2.35. The number of hydrogen-bond acceptors (Lipinski definition) is 5. The van der Waals surface area contributed by atoms with Gasteiger partial charge in [0.15, 0.2) is 16.4 Å². The van der Waals surface area contributed by atoms with Gasteiger partial charge in [0.25, 0.3) is 5.91 Å². The average Bonchev–Trinajstić information content (AvgIpc) is 3.02. The quantitative estimate of drug-likeness (QED) is 0.720. The van der Waals surface area contributed by atoms with Gasteiger partial charge in [-0.3, -0.25) is 4.79 Å². The zero-order valence-electron chi connectivity index (χ0n) is 15.9. The number of benzene rings is 2. The number of nitrogens with zero attached hydrogens (tertiary/aromatic N) is 1. The summed E-state index contributed by atoms with van der Waals surface area (Å²) >= 11 is 0. The number of para-hydroxylation sites is 1. The summed E-state index contributed by atoms with van der Waals surface area (Å²) < 4.78 is 29.1. The molecule has 3 rings (SSSR count). The third kappa shape index (κ3) is 4.59. The van der Waals surface area contributed by atoms with E-state index in [-0.39, 0.29) is 11.5 Å². The van der Waals surface area contributed by atoms with E-state index in [4.69, 9.17) is 4.74 Å². The Balaban J connectivity index is 1.76. The smallest absolute Gasteiger partial charge is 0.338 e. The predicted octanol–water partition coefficient (Wildman–Crippen LogP) is 2.68. The minimum atomic E-state index is -3.17.